The second-order valence-corrected chi connectivity index (χ2v) is 6.37. The van der Waals surface area contributed by atoms with Crippen LogP contribution >= 0.6 is 11.5 Å². The molecule has 2 aromatic rings. The normalized spacial score (nSPS) is 20.6. The van der Waals surface area contributed by atoms with Crippen LogP contribution in [0.4, 0.5) is 5.13 Å². The number of anilines is 1. The summed E-state index contributed by atoms with van der Waals surface area (Å²) in [6, 6.07) is 0. The molecule has 106 valence electrons. The van der Waals surface area contributed by atoms with Crippen molar-refractivity contribution in [3.05, 3.63) is 17.6 Å². The first kappa shape index (κ1) is 12.3. The van der Waals surface area contributed by atoms with Gasteiger partial charge in [0.15, 0.2) is 0 Å². The molecular formula is C13H17N5OS. The van der Waals surface area contributed by atoms with Crippen molar-refractivity contribution in [3.63, 3.8) is 0 Å². The van der Waals surface area contributed by atoms with E-state index < -0.39 is 0 Å². The molecule has 0 radical (unpaired) electrons. The molecule has 20 heavy (non-hydrogen) atoms. The Hall–Kier alpha value is -1.50. The summed E-state index contributed by atoms with van der Waals surface area (Å²) in [5, 5.41) is 9.46. The zero-order valence-corrected chi connectivity index (χ0v) is 12.3. The fraction of sp³-hybridized carbons (Fsp3) is 0.692. The average Bonchev–Trinajstić information content (AvgIpc) is 3.04. The van der Waals surface area contributed by atoms with Gasteiger partial charge in [0.2, 0.25) is 16.9 Å². The quantitative estimate of drug-likeness (QED) is 0.865. The Kier molecular flexibility index (Phi) is 2.94. The average molecular weight is 291 g/mol. The monoisotopic (exact) mass is 291 g/mol. The molecule has 4 rings (SSSR count). The molecule has 0 spiro atoms. The van der Waals surface area contributed by atoms with Gasteiger partial charge in [0.05, 0.1) is 0 Å². The Balaban J connectivity index is 1.40. The Labute approximate surface area is 121 Å². The van der Waals surface area contributed by atoms with Gasteiger partial charge in [0.1, 0.15) is 5.82 Å². The van der Waals surface area contributed by atoms with Crippen LogP contribution in [0.15, 0.2) is 4.42 Å². The fourth-order valence-corrected chi connectivity index (χ4v) is 3.36. The molecule has 7 heteroatoms. The van der Waals surface area contributed by atoms with Crippen LogP contribution in [-0.2, 0) is 0 Å². The van der Waals surface area contributed by atoms with Gasteiger partial charge in [-0.05, 0) is 32.6 Å². The topological polar surface area (TPSA) is 67.9 Å². The lowest BCUT2D eigenvalue weighted by Crippen LogP contribution is -2.32. The van der Waals surface area contributed by atoms with Gasteiger partial charge in [0.25, 0.3) is 0 Å². The summed E-state index contributed by atoms with van der Waals surface area (Å²) in [7, 11) is 0. The van der Waals surface area contributed by atoms with E-state index in [0.29, 0.717) is 11.8 Å². The van der Waals surface area contributed by atoms with E-state index in [-0.39, 0.29) is 0 Å². The molecule has 0 bridgehead atoms. The standard InChI is InChI=1S/C13H17N5OS/c1-8-14-13(20-17-8)18-6-4-10(5-7-18)12-16-15-11(19-12)9-2-3-9/h9-10H,2-7H2,1H3. The first-order valence-electron chi connectivity index (χ1n) is 7.18. The number of aryl methyl sites for hydroxylation is 1. The minimum Gasteiger partial charge on any atom is -0.425 e. The summed E-state index contributed by atoms with van der Waals surface area (Å²) in [6.07, 6.45) is 4.50. The summed E-state index contributed by atoms with van der Waals surface area (Å²) in [4.78, 5) is 6.75. The number of aromatic nitrogens is 4. The number of nitrogens with zero attached hydrogens (tertiary/aromatic N) is 5. The molecular weight excluding hydrogens is 274 g/mol. The Morgan fingerprint density at radius 2 is 1.70 bits per heavy atom. The zero-order valence-electron chi connectivity index (χ0n) is 11.4. The van der Waals surface area contributed by atoms with Gasteiger partial charge in [-0.3, -0.25) is 0 Å². The van der Waals surface area contributed by atoms with Gasteiger partial charge in [-0.25, -0.2) is 4.98 Å². The van der Waals surface area contributed by atoms with E-state index in [4.69, 9.17) is 4.42 Å². The van der Waals surface area contributed by atoms with Crippen molar-refractivity contribution in [2.24, 2.45) is 0 Å². The smallest absolute Gasteiger partial charge is 0.219 e. The molecule has 1 saturated carbocycles. The molecule has 1 aliphatic carbocycles. The van der Waals surface area contributed by atoms with Crippen molar-refractivity contribution in [3.8, 4) is 0 Å². The van der Waals surface area contributed by atoms with Gasteiger partial charge < -0.3 is 9.32 Å². The van der Waals surface area contributed by atoms with Gasteiger partial charge in [0, 0.05) is 36.5 Å². The molecule has 2 aromatic heterocycles. The van der Waals surface area contributed by atoms with Crippen molar-refractivity contribution in [2.45, 2.75) is 44.4 Å². The van der Waals surface area contributed by atoms with Crippen LogP contribution in [-0.4, -0.2) is 32.6 Å². The van der Waals surface area contributed by atoms with Crippen LogP contribution in [0.3, 0.4) is 0 Å². The number of hydrogen-bond acceptors (Lipinski definition) is 7. The highest BCUT2D eigenvalue weighted by molar-refractivity contribution is 7.09. The third-order valence-electron chi connectivity index (χ3n) is 4.01. The highest BCUT2D eigenvalue weighted by Crippen LogP contribution is 2.40. The lowest BCUT2D eigenvalue weighted by Gasteiger charge is -2.29. The molecule has 2 aliphatic rings. The van der Waals surface area contributed by atoms with E-state index in [9.17, 15) is 0 Å². The zero-order chi connectivity index (χ0) is 13.5. The molecule has 1 aliphatic heterocycles. The minimum absolute atomic E-state index is 0.403. The number of rotatable bonds is 3. The van der Waals surface area contributed by atoms with Gasteiger partial charge in [-0.1, -0.05) is 0 Å². The summed E-state index contributed by atoms with van der Waals surface area (Å²) in [6.45, 7) is 3.91. The maximum Gasteiger partial charge on any atom is 0.219 e. The highest BCUT2D eigenvalue weighted by atomic mass is 32.1. The van der Waals surface area contributed by atoms with Crippen LogP contribution in [0.2, 0.25) is 0 Å². The number of hydrogen-bond donors (Lipinski definition) is 0. The van der Waals surface area contributed by atoms with Crippen LogP contribution in [0, 0.1) is 6.92 Å². The van der Waals surface area contributed by atoms with Gasteiger partial charge in [-0.2, -0.15) is 4.37 Å². The molecule has 1 saturated heterocycles. The first-order chi connectivity index (χ1) is 9.79. The van der Waals surface area contributed by atoms with Crippen LogP contribution in [0.5, 0.6) is 0 Å². The van der Waals surface area contributed by atoms with Gasteiger partial charge >= 0.3 is 0 Å². The SMILES string of the molecule is Cc1nsc(N2CCC(c3nnc(C4CC4)o3)CC2)n1. The maximum atomic E-state index is 5.83. The molecule has 2 fully saturated rings. The first-order valence-corrected chi connectivity index (χ1v) is 7.95. The highest BCUT2D eigenvalue weighted by Gasteiger charge is 2.32. The summed E-state index contributed by atoms with van der Waals surface area (Å²) >= 11 is 1.48. The molecule has 0 aromatic carbocycles. The Morgan fingerprint density at radius 3 is 2.25 bits per heavy atom. The van der Waals surface area contributed by atoms with Crippen molar-refractivity contribution in [1.82, 2.24) is 19.6 Å². The van der Waals surface area contributed by atoms with Crippen molar-refractivity contribution < 1.29 is 4.42 Å². The van der Waals surface area contributed by atoms with Gasteiger partial charge in [-0.15, -0.1) is 10.2 Å². The van der Waals surface area contributed by atoms with E-state index in [1.165, 1.54) is 24.4 Å². The van der Waals surface area contributed by atoms with E-state index in [0.717, 1.165) is 48.7 Å². The molecule has 6 nitrogen and oxygen atoms in total. The second-order valence-electron chi connectivity index (χ2n) is 5.64. The molecule has 3 heterocycles. The lowest BCUT2D eigenvalue weighted by molar-refractivity contribution is 0.376. The molecule has 0 N–H and O–H groups in total. The van der Waals surface area contributed by atoms with Crippen molar-refractivity contribution in [1.29, 1.82) is 0 Å². The number of piperidine rings is 1. The van der Waals surface area contributed by atoms with E-state index in [2.05, 4.69) is 24.5 Å². The second kappa shape index (κ2) is 4.80. The van der Waals surface area contributed by atoms with Crippen molar-refractivity contribution in [2.75, 3.05) is 18.0 Å². The Bertz CT molecular complexity index is 597. The molecule has 0 amide bonds. The van der Waals surface area contributed by atoms with Crippen LogP contribution < -0.4 is 4.90 Å². The lowest BCUT2D eigenvalue weighted by atomic mass is 9.97. The Morgan fingerprint density at radius 1 is 1.05 bits per heavy atom. The largest absolute Gasteiger partial charge is 0.425 e. The third-order valence-corrected chi connectivity index (χ3v) is 4.88. The van der Waals surface area contributed by atoms with Crippen molar-refractivity contribution >= 4 is 16.7 Å². The summed E-state index contributed by atoms with van der Waals surface area (Å²) < 4.78 is 10.1. The third kappa shape index (κ3) is 2.30. The molecule has 0 unspecified atom stereocenters. The predicted octanol–water partition coefficient (Wildman–Crippen LogP) is 2.49. The minimum atomic E-state index is 0.403. The molecule has 0 atom stereocenters. The maximum absolute atomic E-state index is 5.83. The van der Waals surface area contributed by atoms with Crippen LogP contribution in [0.1, 0.15) is 55.1 Å². The van der Waals surface area contributed by atoms with E-state index >= 15 is 0 Å². The summed E-state index contributed by atoms with van der Waals surface area (Å²) in [5.41, 5.74) is 0. The van der Waals surface area contributed by atoms with E-state index in [1.54, 1.807) is 0 Å². The fourth-order valence-electron chi connectivity index (χ4n) is 2.64. The van der Waals surface area contributed by atoms with Crippen LogP contribution in [0.25, 0.3) is 0 Å². The predicted molar refractivity (Wildman–Crippen MR) is 75.1 cm³/mol. The summed E-state index contributed by atoms with van der Waals surface area (Å²) in [5.74, 6) is 3.49. The van der Waals surface area contributed by atoms with E-state index in [1.807, 2.05) is 6.92 Å².